The summed E-state index contributed by atoms with van der Waals surface area (Å²) in [7, 11) is 1.63. The van der Waals surface area contributed by atoms with E-state index in [9.17, 15) is 4.79 Å². The zero-order valence-electron chi connectivity index (χ0n) is 8.69. The number of nitrogens with zero attached hydrogens (tertiary/aromatic N) is 2. The maximum atomic E-state index is 11.5. The molecular formula is C10H16N2O2. The molecule has 78 valence electrons. The maximum Gasteiger partial charge on any atom is 0.224 e. The summed E-state index contributed by atoms with van der Waals surface area (Å²) in [5.41, 5.74) is 0. The van der Waals surface area contributed by atoms with Gasteiger partial charge in [0.25, 0.3) is 0 Å². The molecule has 0 saturated carbocycles. The van der Waals surface area contributed by atoms with Gasteiger partial charge >= 0.3 is 0 Å². The first kappa shape index (κ1) is 11.0. The van der Waals surface area contributed by atoms with Gasteiger partial charge in [0.2, 0.25) is 5.91 Å². The second kappa shape index (κ2) is 4.97. The Morgan fingerprint density at radius 2 is 2.50 bits per heavy atom. The van der Waals surface area contributed by atoms with Crippen LogP contribution in [0.4, 0.5) is 0 Å². The molecule has 0 aliphatic carbocycles. The third kappa shape index (κ3) is 2.24. The number of amides is 1. The Morgan fingerprint density at radius 3 is 2.93 bits per heavy atom. The van der Waals surface area contributed by atoms with E-state index in [0.29, 0.717) is 19.6 Å². The third-order valence-corrected chi connectivity index (χ3v) is 2.61. The van der Waals surface area contributed by atoms with Crippen LogP contribution in [0.1, 0.15) is 19.8 Å². The van der Waals surface area contributed by atoms with E-state index in [0.717, 1.165) is 6.42 Å². The fourth-order valence-corrected chi connectivity index (χ4v) is 1.79. The average molecular weight is 196 g/mol. The Bertz CT molecular complexity index is 247. The smallest absolute Gasteiger partial charge is 0.224 e. The molecule has 0 bridgehead atoms. The summed E-state index contributed by atoms with van der Waals surface area (Å²) in [6.07, 6.45) is 1.24. The molecule has 2 atom stereocenters. The van der Waals surface area contributed by atoms with Crippen molar-refractivity contribution in [1.29, 1.82) is 5.26 Å². The monoisotopic (exact) mass is 196 g/mol. The molecule has 1 aliphatic heterocycles. The Kier molecular flexibility index (Phi) is 3.90. The van der Waals surface area contributed by atoms with Gasteiger partial charge in [-0.25, -0.2) is 0 Å². The first-order chi connectivity index (χ1) is 6.72. The van der Waals surface area contributed by atoms with Gasteiger partial charge in [-0.3, -0.25) is 4.79 Å². The molecule has 1 fully saturated rings. The van der Waals surface area contributed by atoms with Crippen molar-refractivity contribution in [3.63, 3.8) is 0 Å². The zero-order chi connectivity index (χ0) is 10.6. The van der Waals surface area contributed by atoms with E-state index in [1.165, 1.54) is 0 Å². The highest BCUT2D eigenvalue weighted by atomic mass is 16.5. The van der Waals surface area contributed by atoms with E-state index in [4.69, 9.17) is 10.00 Å². The highest BCUT2D eigenvalue weighted by Crippen LogP contribution is 2.20. The third-order valence-electron chi connectivity index (χ3n) is 2.61. The van der Waals surface area contributed by atoms with Crippen LogP contribution in [0.2, 0.25) is 0 Å². The molecular weight excluding hydrogens is 180 g/mol. The van der Waals surface area contributed by atoms with Crippen molar-refractivity contribution >= 4 is 5.91 Å². The van der Waals surface area contributed by atoms with E-state index in [1.54, 1.807) is 12.0 Å². The Labute approximate surface area is 84.4 Å². The van der Waals surface area contributed by atoms with E-state index in [1.807, 2.05) is 6.92 Å². The molecule has 0 spiro atoms. The van der Waals surface area contributed by atoms with Gasteiger partial charge in [0.15, 0.2) is 0 Å². The molecule has 1 heterocycles. The minimum absolute atomic E-state index is 0.0838. The Morgan fingerprint density at radius 1 is 1.79 bits per heavy atom. The van der Waals surface area contributed by atoms with Crippen molar-refractivity contribution in [2.75, 3.05) is 20.3 Å². The molecule has 0 radical (unpaired) electrons. The fourth-order valence-electron chi connectivity index (χ4n) is 1.79. The van der Waals surface area contributed by atoms with Crippen LogP contribution in [0.25, 0.3) is 0 Å². The predicted molar refractivity (Wildman–Crippen MR) is 51.4 cm³/mol. The number of rotatable bonds is 4. The Balaban J connectivity index is 2.59. The van der Waals surface area contributed by atoms with Gasteiger partial charge in [-0.05, 0) is 6.42 Å². The second-order valence-electron chi connectivity index (χ2n) is 3.59. The molecule has 0 aromatic heterocycles. The van der Waals surface area contributed by atoms with Crippen molar-refractivity contribution in [1.82, 2.24) is 4.90 Å². The summed E-state index contributed by atoms with van der Waals surface area (Å²) < 4.78 is 5.05. The molecule has 0 aromatic rings. The van der Waals surface area contributed by atoms with E-state index in [-0.39, 0.29) is 17.9 Å². The summed E-state index contributed by atoms with van der Waals surface area (Å²) in [6, 6.07) is 2.27. The summed E-state index contributed by atoms with van der Waals surface area (Å²) in [6.45, 7) is 3.15. The zero-order valence-corrected chi connectivity index (χ0v) is 8.69. The number of carbonyl (C=O) groups is 1. The topological polar surface area (TPSA) is 53.3 Å². The van der Waals surface area contributed by atoms with Crippen LogP contribution < -0.4 is 0 Å². The number of ether oxygens (including phenoxy) is 1. The molecule has 1 saturated heterocycles. The van der Waals surface area contributed by atoms with Crippen LogP contribution in [0.3, 0.4) is 0 Å². The average Bonchev–Trinajstić information content (AvgIpc) is 2.56. The fraction of sp³-hybridized carbons (Fsp3) is 0.800. The number of nitriles is 1. The molecule has 1 rings (SSSR count). The van der Waals surface area contributed by atoms with Gasteiger partial charge in [-0.15, -0.1) is 0 Å². The van der Waals surface area contributed by atoms with Crippen LogP contribution in [-0.4, -0.2) is 37.1 Å². The van der Waals surface area contributed by atoms with Crippen molar-refractivity contribution in [2.24, 2.45) is 5.92 Å². The molecule has 14 heavy (non-hydrogen) atoms. The van der Waals surface area contributed by atoms with Gasteiger partial charge in [-0.2, -0.15) is 5.26 Å². The second-order valence-corrected chi connectivity index (χ2v) is 3.59. The van der Waals surface area contributed by atoms with Crippen LogP contribution >= 0.6 is 0 Å². The number of carbonyl (C=O) groups excluding carboxylic acids is 1. The van der Waals surface area contributed by atoms with E-state index < -0.39 is 0 Å². The minimum Gasteiger partial charge on any atom is -0.383 e. The highest BCUT2D eigenvalue weighted by Gasteiger charge is 2.33. The quantitative estimate of drug-likeness (QED) is 0.667. The molecule has 0 N–H and O–H groups in total. The summed E-state index contributed by atoms with van der Waals surface area (Å²) in [4.78, 5) is 13.3. The van der Waals surface area contributed by atoms with Crippen molar-refractivity contribution < 1.29 is 9.53 Å². The normalized spacial score (nSPS) is 23.6. The van der Waals surface area contributed by atoms with Gasteiger partial charge in [0.05, 0.1) is 24.6 Å². The Hall–Kier alpha value is -1.08. The number of hydrogen-bond acceptors (Lipinski definition) is 3. The molecule has 4 heteroatoms. The molecule has 0 aromatic carbocycles. The lowest BCUT2D eigenvalue weighted by molar-refractivity contribution is -0.130. The molecule has 1 aliphatic rings. The lowest BCUT2D eigenvalue weighted by Crippen LogP contribution is -2.39. The van der Waals surface area contributed by atoms with Gasteiger partial charge < -0.3 is 9.64 Å². The molecule has 1 amide bonds. The van der Waals surface area contributed by atoms with Crippen LogP contribution in [0.15, 0.2) is 0 Å². The lowest BCUT2D eigenvalue weighted by atomic mass is 10.1. The number of hydrogen-bond donors (Lipinski definition) is 0. The first-order valence-corrected chi connectivity index (χ1v) is 4.91. The standard InChI is InChI=1S/C10H16N2O2/c1-3-9(7-14-2)12-6-8(5-11)4-10(12)13/h8-9H,3-4,6-7H2,1-2H3. The summed E-state index contributed by atoms with van der Waals surface area (Å²) in [5, 5.41) is 8.73. The molecule has 4 nitrogen and oxygen atoms in total. The number of likely N-dealkylation sites (tertiary alicyclic amines) is 1. The van der Waals surface area contributed by atoms with Crippen LogP contribution in [0.5, 0.6) is 0 Å². The maximum absolute atomic E-state index is 11.5. The van der Waals surface area contributed by atoms with Gasteiger partial charge in [0.1, 0.15) is 0 Å². The van der Waals surface area contributed by atoms with Crippen molar-refractivity contribution in [2.45, 2.75) is 25.8 Å². The van der Waals surface area contributed by atoms with Crippen molar-refractivity contribution in [3.05, 3.63) is 0 Å². The van der Waals surface area contributed by atoms with Crippen LogP contribution in [-0.2, 0) is 9.53 Å². The number of methoxy groups -OCH3 is 1. The van der Waals surface area contributed by atoms with Gasteiger partial charge in [0, 0.05) is 20.1 Å². The summed E-state index contributed by atoms with van der Waals surface area (Å²) >= 11 is 0. The van der Waals surface area contributed by atoms with Crippen LogP contribution in [0, 0.1) is 17.2 Å². The minimum atomic E-state index is -0.131. The summed E-state index contributed by atoms with van der Waals surface area (Å²) in [5.74, 6) is -0.0474. The highest BCUT2D eigenvalue weighted by molar-refractivity contribution is 5.79. The van der Waals surface area contributed by atoms with Crippen molar-refractivity contribution in [3.8, 4) is 6.07 Å². The predicted octanol–water partition coefficient (Wildman–Crippen LogP) is 0.783. The van der Waals surface area contributed by atoms with Gasteiger partial charge in [-0.1, -0.05) is 6.92 Å². The lowest BCUT2D eigenvalue weighted by Gasteiger charge is -2.26. The van der Waals surface area contributed by atoms with E-state index >= 15 is 0 Å². The SMILES string of the molecule is CCC(COC)N1CC(C#N)CC1=O. The molecule has 2 unspecified atom stereocenters. The van der Waals surface area contributed by atoms with E-state index in [2.05, 4.69) is 6.07 Å². The first-order valence-electron chi connectivity index (χ1n) is 4.91. The largest absolute Gasteiger partial charge is 0.383 e.